The van der Waals surface area contributed by atoms with Crippen molar-refractivity contribution in [3.63, 3.8) is 0 Å². The number of carbonyl (C=O) groups excluding carboxylic acids is 1. The molecule has 0 aromatic heterocycles. The zero-order valence-electron chi connectivity index (χ0n) is 8.08. The first-order valence-corrected chi connectivity index (χ1v) is 4.75. The van der Waals surface area contributed by atoms with Crippen LogP contribution in [0.3, 0.4) is 0 Å². The summed E-state index contributed by atoms with van der Waals surface area (Å²) in [7, 11) is 0. The lowest BCUT2D eigenvalue weighted by Crippen LogP contribution is -2.51. The van der Waals surface area contributed by atoms with E-state index in [1.807, 2.05) is 0 Å². The third-order valence-electron chi connectivity index (χ3n) is 2.85. The zero-order valence-corrected chi connectivity index (χ0v) is 8.08. The third kappa shape index (κ3) is 1.78. The molecule has 1 aliphatic heterocycles. The van der Waals surface area contributed by atoms with Gasteiger partial charge in [-0.25, -0.2) is 0 Å². The van der Waals surface area contributed by atoms with Gasteiger partial charge in [-0.05, 0) is 25.9 Å². The van der Waals surface area contributed by atoms with E-state index in [4.69, 9.17) is 0 Å². The van der Waals surface area contributed by atoms with Crippen LogP contribution in [0.4, 0.5) is 13.2 Å². The molecule has 1 aliphatic rings. The molecule has 0 aromatic carbocycles. The normalized spacial score (nSPS) is 22.0. The molecule has 0 atom stereocenters. The summed E-state index contributed by atoms with van der Waals surface area (Å²) in [5.74, 6) is -0.675. The molecule has 0 radical (unpaired) electrons. The SMILES string of the molecule is CCC(=O)C1(C(F)(F)F)CCNCC1. The fraction of sp³-hybridized carbons (Fsp3) is 0.889. The number of hydrogen-bond acceptors (Lipinski definition) is 2. The summed E-state index contributed by atoms with van der Waals surface area (Å²) in [6.45, 7) is 2.02. The van der Waals surface area contributed by atoms with Gasteiger partial charge >= 0.3 is 6.18 Å². The molecule has 0 amide bonds. The Morgan fingerprint density at radius 2 is 1.86 bits per heavy atom. The number of nitrogens with one attached hydrogen (secondary N) is 1. The second-order valence-electron chi connectivity index (χ2n) is 3.61. The average molecular weight is 209 g/mol. The molecule has 1 fully saturated rings. The topological polar surface area (TPSA) is 29.1 Å². The van der Waals surface area contributed by atoms with E-state index in [0.717, 1.165) is 0 Å². The van der Waals surface area contributed by atoms with Crippen LogP contribution in [-0.2, 0) is 4.79 Å². The van der Waals surface area contributed by atoms with Crippen molar-refractivity contribution in [2.24, 2.45) is 5.41 Å². The summed E-state index contributed by atoms with van der Waals surface area (Å²) in [5, 5.41) is 2.84. The molecule has 14 heavy (non-hydrogen) atoms. The highest BCUT2D eigenvalue weighted by Gasteiger charge is 2.58. The number of alkyl halides is 3. The van der Waals surface area contributed by atoms with Gasteiger partial charge in [-0.2, -0.15) is 13.2 Å². The van der Waals surface area contributed by atoms with Crippen molar-refractivity contribution in [3.05, 3.63) is 0 Å². The first-order chi connectivity index (χ1) is 6.44. The summed E-state index contributed by atoms with van der Waals surface area (Å²) in [6.07, 6.45) is -4.69. The lowest BCUT2D eigenvalue weighted by atomic mass is 9.74. The Bertz CT molecular complexity index is 219. The Kier molecular flexibility index (Phi) is 3.19. The molecule has 1 saturated heterocycles. The quantitative estimate of drug-likeness (QED) is 0.752. The second kappa shape index (κ2) is 3.88. The van der Waals surface area contributed by atoms with Gasteiger partial charge in [0.25, 0.3) is 0 Å². The van der Waals surface area contributed by atoms with E-state index in [-0.39, 0.29) is 32.4 Å². The van der Waals surface area contributed by atoms with Crippen LogP contribution in [0.15, 0.2) is 0 Å². The Hall–Kier alpha value is -0.580. The van der Waals surface area contributed by atoms with Crippen LogP contribution < -0.4 is 5.32 Å². The fourth-order valence-corrected chi connectivity index (χ4v) is 1.91. The number of piperidine rings is 1. The number of rotatable bonds is 2. The van der Waals surface area contributed by atoms with Crippen molar-refractivity contribution < 1.29 is 18.0 Å². The maximum atomic E-state index is 12.8. The number of hydrogen-bond donors (Lipinski definition) is 1. The van der Waals surface area contributed by atoms with Gasteiger partial charge < -0.3 is 5.32 Å². The van der Waals surface area contributed by atoms with Crippen molar-refractivity contribution in [2.45, 2.75) is 32.4 Å². The predicted molar refractivity (Wildman–Crippen MR) is 45.9 cm³/mol. The highest BCUT2D eigenvalue weighted by atomic mass is 19.4. The molecule has 1 rings (SSSR count). The van der Waals surface area contributed by atoms with E-state index < -0.39 is 17.4 Å². The van der Waals surface area contributed by atoms with E-state index in [2.05, 4.69) is 5.32 Å². The van der Waals surface area contributed by atoms with Crippen LogP contribution in [0.25, 0.3) is 0 Å². The van der Waals surface area contributed by atoms with Gasteiger partial charge in [0.15, 0.2) is 0 Å². The summed E-state index contributed by atoms with van der Waals surface area (Å²) < 4.78 is 38.4. The molecular weight excluding hydrogens is 195 g/mol. The maximum Gasteiger partial charge on any atom is 0.401 e. The summed E-state index contributed by atoms with van der Waals surface area (Å²) >= 11 is 0. The van der Waals surface area contributed by atoms with Crippen LogP contribution >= 0.6 is 0 Å². The Balaban J connectivity index is 2.94. The molecule has 0 spiro atoms. The summed E-state index contributed by atoms with van der Waals surface area (Å²) in [6, 6.07) is 0. The minimum Gasteiger partial charge on any atom is -0.317 e. The molecule has 0 saturated carbocycles. The van der Waals surface area contributed by atoms with Gasteiger partial charge in [-0.1, -0.05) is 6.92 Å². The van der Waals surface area contributed by atoms with E-state index in [1.165, 1.54) is 6.92 Å². The zero-order chi connectivity index (χ0) is 10.8. The van der Waals surface area contributed by atoms with Crippen LogP contribution in [0.2, 0.25) is 0 Å². The van der Waals surface area contributed by atoms with Crippen LogP contribution in [0, 0.1) is 5.41 Å². The fourth-order valence-electron chi connectivity index (χ4n) is 1.91. The third-order valence-corrected chi connectivity index (χ3v) is 2.85. The molecular formula is C9H14F3NO. The molecule has 0 bridgehead atoms. The van der Waals surface area contributed by atoms with Gasteiger partial charge in [0.2, 0.25) is 0 Å². The maximum absolute atomic E-state index is 12.8. The van der Waals surface area contributed by atoms with Crippen molar-refractivity contribution in [2.75, 3.05) is 13.1 Å². The van der Waals surface area contributed by atoms with Crippen LogP contribution in [0.1, 0.15) is 26.2 Å². The first kappa shape index (κ1) is 11.5. The first-order valence-electron chi connectivity index (χ1n) is 4.75. The van der Waals surface area contributed by atoms with Crippen LogP contribution in [-0.4, -0.2) is 25.0 Å². The largest absolute Gasteiger partial charge is 0.401 e. The molecule has 82 valence electrons. The van der Waals surface area contributed by atoms with E-state index in [1.54, 1.807) is 0 Å². The minimum atomic E-state index is -4.40. The lowest BCUT2D eigenvalue weighted by molar-refractivity contribution is -0.227. The smallest absolute Gasteiger partial charge is 0.317 e. The monoisotopic (exact) mass is 209 g/mol. The standard InChI is InChI=1S/C9H14F3NO/c1-2-7(14)8(9(10,11)12)3-5-13-6-4-8/h13H,2-6H2,1H3. The van der Waals surface area contributed by atoms with Gasteiger partial charge in [0.05, 0.1) is 0 Å². The lowest BCUT2D eigenvalue weighted by Gasteiger charge is -2.37. The number of halogens is 3. The van der Waals surface area contributed by atoms with Crippen molar-refractivity contribution >= 4 is 5.78 Å². The Morgan fingerprint density at radius 3 is 2.21 bits per heavy atom. The molecule has 0 unspecified atom stereocenters. The highest BCUT2D eigenvalue weighted by molar-refractivity contribution is 5.85. The minimum absolute atomic E-state index is 0.0422. The van der Waals surface area contributed by atoms with Gasteiger partial charge in [-0.3, -0.25) is 4.79 Å². The number of carbonyl (C=O) groups is 1. The van der Waals surface area contributed by atoms with E-state index in [9.17, 15) is 18.0 Å². The average Bonchev–Trinajstić information content (AvgIpc) is 2.16. The molecule has 5 heteroatoms. The van der Waals surface area contributed by atoms with E-state index in [0.29, 0.717) is 0 Å². The predicted octanol–water partition coefficient (Wildman–Crippen LogP) is 1.90. The second-order valence-corrected chi connectivity index (χ2v) is 3.61. The molecule has 0 aliphatic carbocycles. The molecule has 1 heterocycles. The van der Waals surface area contributed by atoms with Gasteiger partial charge in [-0.15, -0.1) is 0 Å². The van der Waals surface area contributed by atoms with Crippen molar-refractivity contribution in [3.8, 4) is 0 Å². The van der Waals surface area contributed by atoms with Gasteiger partial charge in [0, 0.05) is 6.42 Å². The molecule has 2 nitrogen and oxygen atoms in total. The van der Waals surface area contributed by atoms with Crippen LogP contribution in [0.5, 0.6) is 0 Å². The van der Waals surface area contributed by atoms with E-state index >= 15 is 0 Å². The highest BCUT2D eigenvalue weighted by Crippen LogP contribution is 2.46. The van der Waals surface area contributed by atoms with Crippen molar-refractivity contribution in [1.29, 1.82) is 0 Å². The number of Topliss-reactive ketones (excluding diaryl/α,β-unsaturated/α-hetero) is 1. The summed E-state index contributed by atoms with van der Waals surface area (Å²) in [4.78, 5) is 11.4. The summed E-state index contributed by atoms with van der Waals surface area (Å²) in [5.41, 5.74) is -2.08. The number of ketones is 1. The Labute approximate surface area is 80.9 Å². The molecule has 1 N–H and O–H groups in total. The van der Waals surface area contributed by atoms with Gasteiger partial charge in [0.1, 0.15) is 11.2 Å². The molecule has 0 aromatic rings. The van der Waals surface area contributed by atoms with Crippen molar-refractivity contribution in [1.82, 2.24) is 5.32 Å². The Morgan fingerprint density at radius 1 is 1.36 bits per heavy atom.